The number of amides is 2. The number of nitrogens with two attached hydrogens (primary N) is 1. The van der Waals surface area contributed by atoms with Crippen molar-refractivity contribution >= 4 is 29.1 Å². The summed E-state index contributed by atoms with van der Waals surface area (Å²) < 4.78 is 10.8. The van der Waals surface area contributed by atoms with Crippen molar-refractivity contribution in [2.24, 2.45) is 5.73 Å². The monoisotopic (exact) mass is 443 g/mol. The Morgan fingerprint density at radius 3 is 2.39 bits per heavy atom. The number of benzene rings is 2. The standard InChI is InChI=1S/C23H29N3O4S/c1-2-29-16-17-30-20-10-8-19(9-11-20)22(28)25-23(31)26(15-13-21(24)27)14-12-18-6-4-3-5-7-18/h3-11H,2,12-17H2,1H3,(H2,24,27)(H,25,28,31). The smallest absolute Gasteiger partial charge is 0.257 e. The van der Waals surface area contributed by atoms with Gasteiger partial charge >= 0.3 is 0 Å². The molecule has 0 heterocycles. The van der Waals surface area contributed by atoms with Crippen molar-refractivity contribution < 1.29 is 19.1 Å². The molecule has 0 aliphatic heterocycles. The predicted molar refractivity (Wildman–Crippen MR) is 124 cm³/mol. The molecule has 31 heavy (non-hydrogen) atoms. The van der Waals surface area contributed by atoms with E-state index in [0.29, 0.717) is 44.2 Å². The summed E-state index contributed by atoms with van der Waals surface area (Å²) in [4.78, 5) is 25.6. The lowest BCUT2D eigenvalue weighted by atomic mass is 10.1. The Labute approximate surface area is 188 Å². The van der Waals surface area contributed by atoms with E-state index in [1.165, 1.54) is 0 Å². The van der Waals surface area contributed by atoms with Gasteiger partial charge < -0.3 is 20.1 Å². The molecule has 2 amide bonds. The number of thiocarbonyl (C=S) groups is 1. The van der Waals surface area contributed by atoms with Crippen LogP contribution in [-0.2, 0) is 16.0 Å². The van der Waals surface area contributed by atoms with Crippen LogP contribution in [0.5, 0.6) is 5.75 Å². The van der Waals surface area contributed by atoms with Crippen molar-refractivity contribution in [3.8, 4) is 5.75 Å². The Kier molecular flexibility index (Phi) is 10.5. The van der Waals surface area contributed by atoms with Crippen LogP contribution in [0.4, 0.5) is 0 Å². The van der Waals surface area contributed by atoms with Crippen LogP contribution in [0.3, 0.4) is 0 Å². The zero-order chi connectivity index (χ0) is 22.5. The van der Waals surface area contributed by atoms with Gasteiger partial charge in [-0.2, -0.15) is 0 Å². The Bertz CT molecular complexity index is 844. The van der Waals surface area contributed by atoms with Gasteiger partial charge in [0.15, 0.2) is 5.11 Å². The molecule has 0 spiro atoms. The molecular formula is C23H29N3O4S. The highest BCUT2D eigenvalue weighted by Crippen LogP contribution is 2.12. The minimum atomic E-state index is -0.418. The van der Waals surface area contributed by atoms with Gasteiger partial charge in [0.05, 0.1) is 6.61 Å². The lowest BCUT2D eigenvalue weighted by Gasteiger charge is -2.25. The first-order chi connectivity index (χ1) is 15.0. The number of primary amides is 1. The number of carbonyl (C=O) groups excluding carboxylic acids is 2. The molecule has 0 radical (unpaired) electrons. The second-order valence-corrected chi connectivity index (χ2v) is 7.15. The quantitative estimate of drug-likeness (QED) is 0.387. The Balaban J connectivity index is 1.92. The molecule has 0 bridgehead atoms. The van der Waals surface area contributed by atoms with Gasteiger partial charge in [0, 0.05) is 31.7 Å². The number of ether oxygens (including phenoxy) is 2. The van der Waals surface area contributed by atoms with Gasteiger partial charge in [-0.25, -0.2) is 0 Å². The first kappa shape index (κ1) is 24.3. The van der Waals surface area contributed by atoms with Crippen LogP contribution in [0.15, 0.2) is 54.6 Å². The molecule has 0 aromatic heterocycles. The van der Waals surface area contributed by atoms with Crippen LogP contribution in [0.2, 0.25) is 0 Å². The van der Waals surface area contributed by atoms with Crippen LogP contribution >= 0.6 is 12.2 Å². The fourth-order valence-corrected chi connectivity index (χ4v) is 3.06. The van der Waals surface area contributed by atoms with Crippen molar-refractivity contribution in [2.75, 3.05) is 32.9 Å². The van der Waals surface area contributed by atoms with E-state index in [1.807, 2.05) is 37.3 Å². The number of rotatable bonds is 12. The highest BCUT2D eigenvalue weighted by Gasteiger charge is 2.15. The third-order valence-corrected chi connectivity index (χ3v) is 4.83. The number of nitrogens with one attached hydrogen (secondary N) is 1. The van der Waals surface area contributed by atoms with E-state index in [1.54, 1.807) is 29.2 Å². The SMILES string of the molecule is CCOCCOc1ccc(C(=O)NC(=S)N(CCC(N)=O)CCc2ccccc2)cc1. The molecule has 2 aromatic rings. The van der Waals surface area contributed by atoms with E-state index in [0.717, 1.165) is 12.0 Å². The summed E-state index contributed by atoms with van der Waals surface area (Å²) in [5.74, 6) is -0.0850. The van der Waals surface area contributed by atoms with Crippen molar-refractivity contribution in [3.05, 3.63) is 65.7 Å². The maximum Gasteiger partial charge on any atom is 0.257 e. The summed E-state index contributed by atoms with van der Waals surface area (Å²) in [5.41, 5.74) is 6.89. The van der Waals surface area contributed by atoms with Crippen molar-refractivity contribution in [3.63, 3.8) is 0 Å². The van der Waals surface area contributed by atoms with E-state index >= 15 is 0 Å². The Morgan fingerprint density at radius 1 is 1.03 bits per heavy atom. The summed E-state index contributed by atoms with van der Waals surface area (Å²) in [6.45, 7) is 4.42. The van der Waals surface area contributed by atoms with Gasteiger partial charge in [-0.05, 0) is 55.4 Å². The summed E-state index contributed by atoms with van der Waals surface area (Å²) in [5, 5.41) is 3.00. The van der Waals surface area contributed by atoms with Gasteiger partial charge in [0.25, 0.3) is 5.91 Å². The van der Waals surface area contributed by atoms with Crippen LogP contribution in [-0.4, -0.2) is 54.7 Å². The lowest BCUT2D eigenvalue weighted by Crippen LogP contribution is -2.44. The molecule has 0 fully saturated rings. The summed E-state index contributed by atoms with van der Waals surface area (Å²) in [6, 6.07) is 16.7. The molecule has 166 valence electrons. The zero-order valence-corrected chi connectivity index (χ0v) is 18.5. The minimum absolute atomic E-state index is 0.151. The number of hydrogen-bond donors (Lipinski definition) is 2. The van der Waals surface area contributed by atoms with Crippen molar-refractivity contribution in [1.29, 1.82) is 0 Å². The van der Waals surface area contributed by atoms with E-state index < -0.39 is 5.91 Å². The highest BCUT2D eigenvalue weighted by atomic mass is 32.1. The van der Waals surface area contributed by atoms with Crippen molar-refractivity contribution in [1.82, 2.24) is 10.2 Å². The molecule has 7 nitrogen and oxygen atoms in total. The van der Waals surface area contributed by atoms with Crippen LogP contribution in [0.1, 0.15) is 29.3 Å². The maximum atomic E-state index is 12.6. The average Bonchev–Trinajstić information content (AvgIpc) is 2.77. The molecule has 3 N–H and O–H groups in total. The molecule has 0 saturated carbocycles. The second-order valence-electron chi connectivity index (χ2n) is 6.77. The first-order valence-corrected chi connectivity index (χ1v) is 10.6. The Hall–Kier alpha value is -2.97. The molecule has 0 aliphatic carbocycles. The highest BCUT2D eigenvalue weighted by molar-refractivity contribution is 7.80. The number of carbonyl (C=O) groups is 2. The molecule has 2 aromatic carbocycles. The van der Waals surface area contributed by atoms with Gasteiger partial charge in [0.1, 0.15) is 12.4 Å². The average molecular weight is 444 g/mol. The molecular weight excluding hydrogens is 414 g/mol. The van der Waals surface area contributed by atoms with E-state index in [-0.39, 0.29) is 17.4 Å². The molecule has 0 aliphatic rings. The predicted octanol–water partition coefficient (Wildman–Crippen LogP) is 2.54. The van der Waals surface area contributed by atoms with Crippen LogP contribution < -0.4 is 15.8 Å². The zero-order valence-electron chi connectivity index (χ0n) is 17.7. The number of hydrogen-bond acceptors (Lipinski definition) is 5. The van der Waals surface area contributed by atoms with E-state index in [2.05, 4.69) is 5.32 Å². The van der Waals surface area contributed by atoms with Crippen LogP contribution in [0, 0.1) is 0 Å². The third kappa shape index (κ3) is 9.15. The van der Waals surface area contributed by atoms with Gasteiger partial charge in [0.2, 0.25) is 5.91 Å². The van der Waals surface area contributed by atoms with Crippen molar-refractivity contribution in [2.45, 2.75) is 19.8 Å². The topological polar surface area (TPSA) is 93.9 Å². The molecule has 0 atom stereocenters. The number of nitrogens with zero attached hydrogens (tertiary/aromatic N) is 1. The summed E-state index contributed by atoms with van der Waals surface area (Å²) >= 11 is 5.43. The molecule has 2 rings (SSSR count). The fourth-order valence-electron chi connectivity index (χ4n) is 2.78. The lowest BCUT2D eigenvalue weighted by molar-refractivity contribution is -0.118. The Morgan fingerprint density at radius 2 is 1.74 bits per heavy atom. The fraction of sp³-hybridized carbons (Fsp3) is 0.348. The summed E-state index contributed by atoms with van der Waals surface area (Å²) in [7, 11) is 0. The molecule has 0 saturated heterocycles. The summed E-state index contributed by atoms with van der Waals surface area (Å²) in [6.07, 6.45) is 0.877. The van der Waals surface area contributed by atoms with Gasteiger partial charge in [-0.15, -0.1) is 0 Å². The van der Waals surface area contributed by atoms with Crippen LogP contribution in [0.25, 0.3) is 0 Å². The molecule has 8 heteroatoms. The first-order valence-electron chi connectivity index (χ1n) is 10.2. The normalized spacial score (nSPS) is 10.4. The molecule has 0 unspecified atom stereocenters. The van der Waals surface area contributed by atoms with E-state index in [4.69, 9.17) is 27.4 Å². The van der Waals surface area contributed by atoms with Gasteiger partial charge in [-0.1, -0.05) is 30.3 Å². The minimum Gasteiger partial charge on any atom is -0.491 e. The van der Waals surface area contributed by atoms with Gasteiger partial charge in [-0.3, -0.25) is 14.9 Å². The second kappa shape index (κ2) is 13.4. The maximum absolute atomic E-state index is 12.6. The third-order valence-electron chi connectivity index (χ3n) is 4.47. The van der Waals surface area contributed by atoms with E-state index in [9.17, 15) is 9.59 Å². The largest absolute Gasteiger partial charge is 0.491 e.